The van der Waals surface area contributed by atoms with Gasteiger partial charge in [0.15, 0.2) is 0 Å². The summed E-state index contributed by atoms with van der Waals surface area (Å²) in [4.78, 5) is 0. The van der Waals surface area contributed by atoms with E-state index in [0.717, 1.165) is 5.92 Å². The van der Waals surface area contributed by atoms with E-state index in [9.17, 15) is 5.11 Å². The van der Waals surface area contributed by atoms with E-state index in [1.54, 1.807) is 7.11 Å². The molecule has 1 rings (SSSR count). The van der Waals surface area contributed by atoms with Crippen molar-refractivity contribution in [3.8, 4) is 0 Å². The molecule has 2 N–H and O–H groups in total. The topological polar surface area (TPSA) is 50.7 Å². The number of hydrogen-bond acceptors (Lipinski definition) is 4. The van der Waals surface area contributed by atoms with E-state index in [1.165, 1.54) is 19.3 Å². The van der Waals surface area contributed by atoms with Crippen LogP contribution in [0.3, 0.4) is 0 Å². The molecule has 96 valence electrons. The molecule has 2 unspecified atom stereocenters. The lowest BCUT2D eigenvalue weighted by molar-refractivity contribution is 0.0129. The number of aliphatic hydroxyl groups is 1. The van der Waals surface area contributed by atoms with Crippen LogP contribution in [0.25, 0.3) is 0 Å². The number of rotatable bonds is 10. The zero-order valence-corrected chi connectivity index (χ0v) is 10.4. The van der Waals surface area contributed by atoms with Gasteiger partial charge < -0.3 is 19.9 Å². The maximum absolute atomic E-state index is 9.62. The summed E-state index contributed by atoms with van der Waals surface area (Å²) in [7, 11) is 1.64. The fourth-order valence-corrected chi connectivity index (χ4v) is 1.69. The smallest absolute Gasteiger partial charge is 0.0897 e. The molecule has 4 heteroatoms. The summed E-state index contributed by atoms with van der Waals surface area (Å²) in [5, 5.41) is 13.0. The molecule has 1 aliphatic carbocycles. The van der Waals surface area contributed by atoms with E-state index < -0.39 is 6.10 Å². The number of aliphatic hydroxyl groups excluding tert-OH is 1. The van der Waals surface area contributed by atoms with Crippen LogP contribution in [0.15, 0.2) is 0 Å². The summed E-state index contributed by atoms with van der Waals surface area (Å²) in [5.41, 5.74) is 0. The molecule has 1 aliphatic rings. The number of nitrogens with one attached hydrogen (secondary N) is 1. The molecule has 4 nitrogen and oxygen atoms in total. The van der Waals surface area contributed by atoms with Crippen molar-refractivity contribution < 1.29 is 14.6 Å². The zero-order chi connectivity index (χ0) is 11.8. The highest BCUT2D eigenvalue weighted by molar-refractivity contribution is 4.78. The van der Waals surface area contributed by atoms with Crippen molar-refractivity contribution in [2.75, 3.05) is 33.5 Å². The average Bonchev–Trinajstić information content (AvgIpc) is 3.05. The van der Waals surface area contributed by atoms with E-state index in [0.29, 0.717) is 32.4 Å². The van der Waals surface area contributed by atoms with Crippen molar-refractivity contribution in [2.45, 2.75) is 38.3 Å². The van der Waals surface area contributed by atoms with Crippen molar-refractivity contribution >= 4 is 0 Å². The minimum atomic E-state index is -0.418. The number of hydrogen-bond donors (Lipinski definition) is 2. The molecule has 0 amide bonds. The Morgan fingerprint density at radius 1 is 1.38 bits per heavy atom. The second-order valence-corrected chi connectivity index (χ2v) is 4.71. The fraction of sp³-hybridized carbons (Fsp3) is 1.00. The quantitative estimate of drug-likeness (QED) is 0.546. The van der Waals surface area contributed by atoms with Gasteiger partial charge in [-0.2, -0.15) is 0 Å². The van der Waals surface area contributed by atoms with E-state index >= 15 is 0 Å². The van der Waals surface area contributed by atoms with Gasteiger partial charge in [-0.1, -0.05) is 12.8 Å². The summed E-state index contributed by atoms with van der Waals surface area (Å²) in [5.74, 6) is 0.928. The first kappa shape index (κ1) is 13.9. The van der Waals surface area contributed by atoms with Gasteiger partial charge in [0.1, 0.15) is 0 Å². The monoisotopic (exact) mass is 231 g/mol. The summed E-state index contributed by atoms with van der Waals surface area (Å²) in [6.45, 7) is 4.30. The lowest BCUT2D eigenvalue weighted by Crippen LogP contribution is -2.36. The van der Waals surface area contributed by atoms with Crippen LogP contribution in [0.5, 0.6) is 0 Å². The van der Waals surface area contributed by atoms with Gasteiger partial charge in [0.25, 0.3) is 0 Å². The predicted molar refractivity (Wildman–Crippen MR) is 63.5 cm³/mol. The highest BCUT2D eigenvalue weighted by Crippen LogP contribution is 2.33. The van der Waals surface area contributed by atoms with Gasteiger partial charge in [-0.15, -0.1) is 0 Å². The molecule has 1 fully saturated rings. The number of methoxy groups -OCH3 is 1. The molecule has 0 bridgehead atoms. The van der Waals surface area contributed by atoms with E-state index in [2.05, 4.69) is 12.2 Å². The largest absolute Gasteiger partial charge is 0.389 e. The molecule has 2 atom stereocenters. The Kier molecular flexibility index (Phi) is 6.96. The molecule has 0 saturated heterocycles. The first-order valence-corrected chi connectivity index (χ1v) is 6.20. The van der Waals surface area contributed by atoms with Gasteiger partial charge in [-0.25, -0.2) is 0 Å². The molecule has 0 aromatic carbocycles. The molecule has 16 heavy (non-hydrogen) atoms. The molecule has 0 aliphatic heterocycles. The normalized spacial score (nSPS) is 19.7. The highest BCUT2D eigenvalue weighted by Gasteiger charge is 2.23. The second kappa shape index (κ2) is 8.01. The van der Waals surface area contributed by atoms with Crippen LogP contribution in [0.4, 0.5) is 0 Å². The molecule has 1 saturated carbocycles. The van der Waals surface area contributed by atoms with Crippen LogP contribution < -0.4 is 5.32 Å². The molecule has 0 aromatic heterocycles. The van der Waals surface area contributed by atoms with E-state index in [1.807, 2.05) is 0 Å². The zero-order valence-electron chi connectivity index (χ0n) is 10.4. The van der Waals surface area contributed by atoms with Crippen LogP contribution >= 0.6 is 0 Å². The Balaban J connectivity index is 1.89. The van der Waals surface area contributed by atoms with Gasteiger partial charge in [0, 0.05) is 19.7 Å². The first-order chi connectivity index (χ1) is 7.72. The van der Waals surface area contributed by atoms with Gasteiger partial charge in [-0.3, -0.25) is 0 Å². The van der Waals surface area contributed by atoms with E-state index in [4.69, 9.17) is 9.47 Å². The Bertz CT molecular complexity index is 174. The summed E-state index contributed by atoms with van der Waals surface area (Å²) < 4.78 is 10.1. The molecule has 0 radical (unpaired) electrons. The number of ether oxygens (including phenoxy) is 2. The Hall–Kier alpha value is -0.160. The second-order valence-electron chi connectivity index (χ2n) is 4.71. The minimum Gasteiger partial charge on any atom is -0.389 e. The van der Waals surface area contributed by atoms with Crippen LogP contribution in [0.2, 0.25) is 0 Å². The van der Waals surface area contributed by atoms with Gasteiger partial charge in [0.05, 0.1) is 25.9 Å². The minimum absolute atomic E-state index is 0.381. The Morgan fingerprint density at radius 2 is 2.12 bits per heavy atom. The lowest BCUT2D eigenvalue weighted by Gasteiger charge is -2.17. The van der Waals surface area contributed by atoms with Crippen molar-refractivity contribution in [3.05, 3.63) is 0 Å². The van der Waals surface area contributed by atoms with Crippen LogP contribution in [0.1, 0.15) is 26.2 Å². The maximum Gasteiger partial charge on any atom is 0.0897 e. The Morgan fingerprint density at radius 3 is 2.75 bits per heavy atom. The molecule has 0 heterocycles. The summed E-state index contributed by atoms with van der Waals surface area (Å²) in [6.07, 6.45) is 3.58. The molecular formula is C12H25NO3. The van der Waals surface area contributed by atoms with Gasteiger partial charge in [-0.05, 0) is 19.3 Å². The highest BCUT2D eigenvalue weighted by atomic mass is 16.5. The first-order valence-electron chi connectivity index (χ1n) is 6.20. The summed E-state index contributed by atoms with van der Waals surface area (Å²) >= 11 is 0. The molecule has 0 aromatic rings. The van der Waals surface area contributed by atoms with Crippen molar-refractivity contribution in [1.82, 2.24) is 5.32 Å². The lowest BCUT2D eigenvalue weighted by atomic mass is 10.1. The van der Waals surface area contributed by atoms with Crippen LogP contribution in [-0.4, -0.2) is 50.7 Å². The van der Waals surface area contributed by atoms with Crippen LogP contribution in [0, 0.1) is 5.92 Å². The van der Waals surface area contributed by atoms with Gasteiger partial charge in [0.2, 0.25) is 0 Å². The average molecular weight is 231 g/mol. The third kappa shape index (κ3) is 7.17. The maximum atomic E-state index is 9.62. The molecule has 0 spiro atoms. The van der Waals surface area contributed by atoms with Crippen LogP contribution in [-0.2, 0) is 9.47 Å². The SMILES string of the molecule is COCCOCC(O)CNC(C)CC1CC1. The third-order valence-electron chi connectivity index (χ3n) is 2.83. The van der Waals surface area contributed by atoms with E-state index in [-0.39, 0.29) is 0 Å². The van der Waals surface area contributed by atoms with Crippen molar-refractivity contribution in [3.63, 3.8) is 0 Å². The van der Waals surface area contributed by atoms with Gasteiger partial charge >= 0.3 is 0 Å². The standard InChI is InChI=1S/C12H25NO3/c1-10(7-11-3-4-11)13-8-12(14)9-16-6-5-15-2/h10-14H,3-9H2,1-2H3. The molecular weight excluding hydrogens is 206 g/mol. The third-order valence-corrected chi connectivity index (χ3v) is 2.83. The predicted octanol–water partition coefficient (Wildman–Crippen LogP) is 0.788. The van der Waals surface area contributed by atoms with Crippen molar-refractivity contribution in [2.24, 2.45) is 5.92 Å². The summed E-state index contributed by atoms with van der Waals surface area (Å²) in [6, 6.07) is 0.501. The van der Waals surface area contributed by atoms with Crippen molar-refractivity contribution in [1.29, 1.82) is 0 Å². The fourth-order valence-electron chi connectivity index (χ4n) is 1.69. The Labute approximate surface area is 98.3 Å².